The van der Waals surface area contributed by atoms with Gasteiger partial charge in [0.25, 0.3) is 0 Å². The van der Waals surface area contributed by atoms with E-state index in [1.165, 1.54) is 9.15 Å². The Morgan fingerprint density at radius 2 is 1.62 bits per heavy atom. The quantitative estimate of drug-likeness (QED) is 0.212. The van der Waals surface area contributed by atoms with Gasteiger partial charge < -0.3 is 14.6 Å². The van der Waals surface area contributed by atoms with E-state index in [4.69, 9.17) is 9.47 Å². The number of hydrogen-bond acceptors (Lipinski definition) is 4. The van der Waals surface area contributed by atoms with Crippen LogP contribution in [-0.4, -0.2) is 29.2 Å². The lowest BCUT2D eigenvalue weighted by Crippen LogP contribution is -2.62. The van der Waals surface area contributed by atoms with Crippen LogP contribution in [0.1, 0.15) is 64.5 Å². The first-order valence-electron chi connectivity index (χ1n) is 14.1. The van der Waals surface area contributed by atoms with Crippen molar-refractivity contribution in [2.75, 3.05) is 6.61 Å². The van der Waals surface area contributed by atoms with Gasteiger partial charge in [-0.1, -0.05) is 93.1 Å². The lowest BCUT2D eigenvalue weighted by atomic mass is 9.53. The maximum absolute atomic E-state index is 15.2. The van der Waals surface area contributed by atoms with Crippen LogP contribution in [0.25, 0.3) is 0 Å². The van der Waals surface area contributed by atoms with Gasteiger partial charge in [0.1, 0.15) is 5.60 Å². The molecule has 2 aromatic carbocycles. The molecule has 0 aromatic heterocycles. The van der Waals surface area contributed by atoms with Crippen LogP contribution >= 0.6 is 22.6 Å². The van der Waals surface area contributed by atoms with Gasteiger partial charge >= 0.3 is 0 Å². The van der Waals surface area contributed by atoms with Crippen LogP contribution in [-0.2, 0) is 27.5 Å². The summed E-state index contributed by atoms with van der Waals surface area (Å²) in [6.07, 6.45) is 4.61. The molecule has 2 aliphatic carbocycles. The van der Waals surface area contributed by atoms with Crippen molar-refractivity contribution >= 4 is 28.4 Å². The predicted molar refractivity (Wildman–Crippen MR) is 165 cm³/mol. The van der Waals surface area contributed by atoms with Gasteiger partial charge in [-0.05, 0) is 75.8 Å². The van der Waals surface area contributed by atoms with E-state index in [0.29, 0.717) is 19.6 Å². The molecule has 210 valence electrons. The molecule has 4 rings (SSSR count). The summed E-state index contributed by atoms with van der Waals surface area (Å²) in [5, 5.41) is 10.6. The Kier molecular flexibility index (Phi) is 9.57. The molecule has 1 saturated carbocycles. The molecule has 0 bridgehead atoms. The molecular formula is C34H43IO4. The minimum Gasteiger partial charge on any atom is -0.396 e. The third-order valence-electron chi connectivity index (χ3n) is 9.40. The molecule has 39 heavy (non-hydrogen) atoms. The smallest absolute Gasteiger partial charge is 0.169 e. The highest BCUT2D eigenvalue weighted by molar-refractivity contribution is 14.1. The molecule has 5 heteroatoms. The van der Waals surface area contributed by atoms with E-state index in [9.17, 15) is 5.11 Å². The zero-order valence-corrected chi connectivity index (χ0v) is 25.9. The van der Waals surface area contributed by atoms with Crippen molar-refractivity contribution in [2.24, 2.45) is 22.7 Å². The first-order chi connectivity index (χ1) is 18.6. The number of rotatable bonds is 10. The summed E-state index contributed by atoms with van der Waals surface area (Å²) in [6.45, 7) is 13.5. The molecule has 0 heterocycles. The fourth-order valence-corrected chi connectivity index (χ4v) is 7.53. The van der Waals surface area contributed by atoms with Crippen LogP contribution in [0.3, 0.4) is 0 Å². The van der Waals surface area contributed by atoms with Crippen LogP contribution in [0.5, 0.6) is 0 Å². The molecule has 0 amide bonds. The molecule has 0 unspecified atom stereocenters. The molecule has 1 fully saturated rings. The number of carbonyl (C=O) groups excluding carboxylic acids is 1. The van der Waals surface area contributed by atoms with E-state index in [1.54, 1.807) is 0 Å². The second kappa shape index (κ2) is 12.4. The van der Waals surface area contributed by atoms with Gasteiger partial charge in [-0.2, -0.15) is 0 Å². The maximum Gasteiger partial charge on any atom is 0.169 e. The Balaban J connectivity index is 1.74. The zero-order valence-electron chi connectivity index (χ0n) is 23.8. The Bertz CT molecular complexity index is 1170. The van der Waals surface area contributed by atoms with Gasteiger partial charge in [0.05, 0.1) is 19.3 Å². The summed E-state index contributed by atoms with van der Waals surface area (Å²) in [5.74, 6) is -0.596. The van der Waals surface area contributed by atoms with Gasteiger partial charge in [-0.15, -0.1) is 6.58 Å². The third-order valence-corrected chi connectivity index (χ3v) is 11.7. The van der Waals surface area contributed by atoms with E-state index in [1.807, 2.05) is 54.6 Å². The molecule has 0 radical (unpaired) electrons. The highest BCUT2D eigenvalue weighted by Crippen LogP contribution is 2.57. The number of hydrogen-bond donors (Lipinski definition) is 1. The fourth-order valence-electron chi connectivity index (χ4n) is 6.82. The minimum atomic E-state index is -1.04. The molecule has 4 nitrogen and oxygen atoms in total. The number of carbonyl (C=O) groups is 1. The van der Waals surface area contributed by atoms with Crippen molar-refractivity contribution in [3.8, 4) is 0 Å². The summed E-state index contributed by atoms with van der Waals surface area (Å²) >= 11 is 2.42. The fraction of sp³-hybridized carbons (Fsp3) is 0.500. The maximum atomic E-state index is 15.2. The van der Waals surface area contributed by atoms with E-state index < -0.39 is 22.3 Å². The van der Waals surface area contributed by atoms with Crippen LogP contribution in [0, 0.1) is 22.7 Å². The average Bonchev–Trinajstić information content (AvgIpc) is 2.95. The Morgan fingerprint density at radius 1 is 1.03 bits per heavy atom. The van der Waals surface area contributed by atoms with Crippen molar-refractivity contribution in [3.63, 3.8) is 0 Å². The van der Waals surface area contributed by atoms with E-state index in [2.05, 4.69) is 69.0 Å². The highest BCUT2D eigenvalue weighted by Gasteiger charge is 2.62. The lowest BCUT2D eigenvalue weighted by Gasteiger charge is -2.55. The standard InChI is InChI=1S/C34H43IO4/c1-6-33(5)28(38-22-25-13-9-7-10-14-25)18-17-27(21-36)29(33)31(37)34(39-23-26-15-11-8-12-16-26)20-19-24(2)30(35)32(34,3)4/h6-16,27-29,36H,1,17-23H2,2-5H3/t27-,28-,29-,33+,34+/m0/s1. The van der Waals surface area contributed by atoms with Crippen molar-refractivity contribution < 1.29 is 19.4 Å². The summed E-state index contributed by atoms with van der Waals surface area (Å²) < 4.78 is 14.6. The number of ether oxygens (including phenoxy) is 2. The van der Waals surface area contributed by atoms with Crippen LogP contribution in [0.4, 0.5) is 0 Å². The zero-order chi connectivity index (χ0) is 28.3. The van der Waals surface area contributed by atoms with Crippen LogP contribution < -0.4 is 0 Å². The van der Waals surface area contributed by atoms with Gasteiger partial charge in [0, 0.05) is 23.4 Å². The number of allylic oxidation sites excluding steroid dienone is 1. The van der Waals surface area contributed by atoms with Gasteiger partial charge in [0.15, 0.2) is 5.78 Å². The Labute approximate surface area is 248 Å². The van der Waals surface area contributed by atoms with Crippen molar-refractivity contribution in [2.45, 2.75) is 78.3 Å². The topological polar surface area (TPSA) is 55.8 Å². The first kappa shape index (κ1) is 30.2. The predicted octanol–water partition coefficient (Wildman–Crippen LogP) is 7.84. The molecule has 0 aliphatic heterocycles. The number of Topliss-reactive ketones (excluding diaryl/α,β-unsaturated/α-hetero) is 1. The first-order valence-corrected chi connectivity index (χ1v) is 15.2. The van der Waals surface area contributed by atoms with Gasteiger partial charge in [-0.25, -0.2) is 0 Å². The third kappa shape index (κ3) is 5.70. The Morgan fingerprint density at radius 3 is 2.18 bits per heavy atom. The molecule has 2 aliphatic rings. The van der Waals surface area contributed by atoms with Crippen molar-refractivity contribution in [3.05, 3.63) is 93.6 Å². The lowest BCUT2D eigenvalue weighted by molar-refractivity contribution is -0.185. The minimum absolute atomic E-state index is 0.0492. The molecular weight excluding hydrogens is 599 g/mol. The van der Waals surface area contributed by atoms with E-state index in [0.717, 1.165) is 30.4 Å². The van der Waals surface area contributed by atoms with E-state index in [-0.39, 0.29) is 24.4 Å². The number of aliphatic hydroxyl groups is 1. The number of ketones is 1. The van der Waals surface area contributed by atoms with E-state index >= 15 is 4.79 Å². The Hall–Kier alpha value is -1.80. The summed E-state index contributed by atoms with van der Waals surface area (Å²) in [6, 6.07) is 20.2. The SMILES string of the molecule is C=C[C@]1(C)[C@@H](OCc2ccccc2)CC[C@@H](CO)[C@H]1C(=O)[C@]1(OCc2ccccc2)CCC(C)=C(I)C1(C)C. The van der Waals surface area contributed by atoms with Crippen LogP contribution in [0.2, 0.25) is 0 Å². The second-order valence-electron chi connectivity index (χ2n) is 12.0. The molecule has 0 spiro atoms. The highest BCUT2D eigenvalue weighted by atomic mass is 127. The van der Waals surface area contributed by atoms with Crippen LogP contribution in [0.15, 0.2) is 82.5 Å². The molecule has 1 N–H and O–H groups in total. The number of benzene rings is 2. The summed E-state index contributed by atoms with van der Waals surface area (Å²) in [7, 11) is 0. The largest absolute Gasteiger partial charge is 0.396 e. The molecule has 5 atom stereocenters. The molecule has 2 aromatic rings. The monoisotopic (exact) mass is 642 g/mol. The van der Waals surface area contributed by atoms with Gasteiger partial charge in [-0.3, -0.25) is 4.79 Å². The summed E-state index contributed by atoms with van der Waals surface area (Å²) in [4.78, 5) is 15.2. The molecule has 0 saturated heterocycles. The summed E-state index contributed by atoms with van der Waals surface area (Å²) in [5.41, 5.74) is 1.23. The van der Waals surface area contributed by atoms with Crippen molar-refractivity contribution in [1.29, 1.82) is 0 Å². The average molecular weight is 643 g/mol. The van der Waals surface area contributed by atoms with Gasteiger partial charge in [0.2, 0.25) is 0 Å². The van der Waals surface area contributed by atoms with Crippen molar-refractivity contribution in [1.82, 2.24) is 0 Å². The normalized spacial score (nSPS) is 30.7. The number of halogens is 1. The number of aliphatic hydroxyl groups excluding tert-OH is 1. The second-order valence-corrected chi connectivity index (χ2v) is 13.1.